The summed E-state index contributed by atoms with van der Waals surface area (Å²) in [6, 6.07) is 0. The second-order valence-corrected chi connectivity index (χ2v) is 1.15. The molecule has 0 saturated heterocycles. The monoisotopic (exact) mass is 148 g/mol. The molecule has 4 N–H and O–H groups in total. The van der Waals surface area contributed by atoms with E-state index in [9.17, 15) is 14.9 Å². The van der Waals surface area contributed by atoms with Crippen LogP contribution in [0.3, 0.4) is 0 Å². The third-order valence-corrected chi connectivity index (χ3v) is 0.424. The minimum atomic E-state index is -1.50. The predicted octanol–water partition coefficient (Wildman–Crippen LogP) is -1.24. The number of nitro groups is 1. The Bertz CT molecular complexity index is 186. The highest BCUT2D eigenvalue weighted by molar-refractivity contribution is 5.91. The maximum absolute atomic E-state index is 9.70. The van der Waals surface area contributed by atoms with E-state index >= 15 is 0 Å². The molecule has 0 aliphatic heterocycles. The van der Waals surface area contributed by atoms with Gasteiger partial charge in [-0.15, -0.1) is 0 Å². The Balaban J connectivity index is 3.95. The second kappa shape index (κ2) is 3.22. The van der Waals surface area contributed by atoms with Gasteiger partial charge in [0.1, 0.15) is 5.10 Å². The highest BCUT2D eigenvalue weighted by Gasteiger charge is 2.01. The topological polar surface area (TPSA) is 131 Å². The fraction of sp³-hybridized carbons (Fsp3) is 0. The van der Waals surface area contributed by atoms with Crippen molar-refractivity contribution in [1.82, 2.24) is 5.32 Å². The summed E-state index contributed by atoms with van der Waals surface area (Å²) in [6.45, 7) is 0. The molecule has 8 heteroatoms. The first-order chi connectivity index (χ1) is 4.52. The van der Waals surface area contributed by atoms with Gasteiger partial charge < -0.3 is 10.8 Å². The first kappa shape index (κ1) is 8.14. The highest BCUT2D eigenvalue weighted by Crippen LogP contribution is 1.68. The quantitative estimate of drug-likeness (QED) is 0.185. The Morgan fingerprint density at radius 2 is 2.30 bits per heavy atom. The molecular weight excluding hydrogens is 144 g/mol. The van der Waals surface area contributed by atoms with Crippen LogP contribution in [0.2, 0.25) is 0 Å². The van der Waals surface area contributed by atoms with Gasteiger partial charge in [0, 0.05) is 0 Å². The molecule has 0 saturated carbocycles. The summed E-state index contributed by atoms with van der Waals surface area (Å²) in [4.78, 5) is 19.2. The van der Waals surface area contributed by atoms with Crippen LogP contribution in [0.5, 0.6) is 0 Å². The summed E-state index contributed by atoms with van der Waals surface area (Å²) in [6.07, 6.45) is -1.50. The van der Waals surface area contributed by atoms with Crippen LogP contribution in [0.15, 0.2) is 5.10 Å². The lowest BCUT2D eigenvalue weighted by molar-refractivity contribution is -0.485. The smallest absolute Gasteiger partial charge is 0.411 e. The number of nitrogens with zero attached hydrogens (tertiary/aromatic N) is 2. The molecule has 0 fully saturated rings. The van der Waals surface area contributed by atoms with E-state index in [0.717, 1.165) is 0 Å². The van der Waals surface area contributed by atoms with Crippen LogP contribution in [0.4, 0.5) is 4.79 Å². The van der Waals surface area contributed by atoms with E-state index in [0.29, 0.717) is 0 Å². The highest BCUT2D eigenvalue weighted by atomic mass is 16.7. The maximum Gasteiger partial charge on any atom is 0.411 e. The number of nitrogens with two attached hydrogens (primary N) is 1. The minimum absolute atomic E-state index is 0.766. The van der Waals surface area contributed by atoms with E-state index in [2.05, 4.69) is 5.10 Å². The van der Waals surface area contributed by atoms with Gasteiger partial charge in [0.05, 0.1) is 0 Å². The molecule has 0 spiro atoms. The summed E-state index contributed by atoms with van der Waals surface area (Å²) < 4.78 is 0. The zero-order valence-corrected chi connectivity index (χ0v) is 4.64. The molecule has 0 aliphatic rings. The number of rotatable bonds is 1. The normalized spacial score (nSPS) is 10.6. The molecule has 56 valence electrons. The number of carboxylic acid groups (broad SMARTS) is 1. The summed E-state index contributed by atoms with van der Waals surface area (Å²) >= 11 is 0. The van der Waals surface area contributed by atoms with E-state index in [1.165, 1.54) is 5.32 Å². The Hall–Kier alpha value is -1.86. The lowest BCUT2D eigenvalue weighted by atomic mass is 10.9. The van der Waals surface area contributed by atoms with Crippen molar-refractivity contribution in [3.8, 4) is 0 Å². The summed E-state index contributed by atoms with van der Waals surface area (Å²) in [5, 5.41) is 20.2. The molecule has 0 rings (SSSR count). The van der Waals surface area contributed by atoms with Crippen LogP contribution in [0.1, 0.15) is 0 Å². The zero-order chi connectivity index (χ0) is 8.15. The molecule has 0 heterocycles. The maximum atomic E-state index is 9.70. The Labute approximate surface area is 54.5 Å². The van der Waals surface area contributed by atoms with Gasteiger partial charge in [-0.3, -0.25) is 5.32 Å². The van der Waals surface area contributed by atoms with Gasteiger partial charge in [-0.25, -0.2) is 14.9 Å². The van der Waals surface area contributed by atoms with Crippen LogP contribution < -0.4 is 11.1 Å². The van der Waals surface area contributed by atoms with Gasteiger partial charge in [-0.05, 0) is 0 Å². The Kier molecular flexibility index (Phi) is 2.62. The van der Waals surface area contributed by atoms with E-state index in [-0.39, 0.29) is 0 Å². The lowest BCUT2D eigenvalue weighted by Gasteiger charge is -1.91. The van der Waals surface area contributed by atoms with Crippen molar-refractivity contribution >= 4 is 12.1 Å². The zero-order valence-electron chi connectivity index (χ0n) is 4.64. The number of hydrazone groups is 1. The third kappa shape index (κ3) is 4.30. The van der Waals surface area contributed by atoms with Crippen LogP contribution >= 0.6 is 0 Å². The first-order valence-corrected chi connectivity index (χ1v) is 2.01. The van der Waals surface area contributed by atoms with Crippen molar-refractivity contribution in [2.24, 2.45) is 10.8 Å². The number of carbonyl (C=O) groups is 1. The molecule has 8 nitrogen and oxygen atoms in total. The van der Waals surface area contributed by atoms with Crippen molar-refractivity contribution in [2.45, 2.75) is 0 Å². The summed E-state index contributed by atoms with van der Waals surface area (Å²) in [7, 11) is 0. The van der Waals surface area contributed by atoms with Crippen LogP contribution in [0.25, 0.3) is 0 Å². The molecule has 0 radical (unpaired) electrons. The number of amides is 1. The summed E-state index contributed by atoms with van der Waals surface area (Å²) in [5.74, 6) is -0.766. The van der Waals surface area contributed by atoms with Gasteiger partial charge in [-0.2, -0.15) is 0 Å². The standard InChI is InChI=1S/C2H4N4O4/c3-1(4-2(7)8)5-6(9)10/h(H,7,8)(H3,3,4,5). The molecule has 0 aromatic carbocycles. The molecule has 0 atom stereocenters. The van der Waals surface area contributed by atoms with Crippen molar-refractivity contribution in [3.63, 3.8) is 0 Å². The molecule has 0 bridgehead atoms. The number of nitrogens with one attached hydrogen (secondary N) is 1. The van der Waals surface area contributed by atoms with E-state index in [4.69, 9.17) is 10.8 Å². The molecule has 0 aromatic rings. The number of hydrogen-bond acceptors (Lipinski definition) is 3. The molecule has 10 heavy (non-hydrogen) atoms. The largest absolute Gasteiger partial charge is 0.465 e. The first-order valence-electron chi connectivity index (χ1n) is 2.01. The minimum Gasteiger partial charge on any atom is -0.465 e. The molecule has 1 amide bonds. The van der Waals surface area contributed by atoms with Crippen molar-refractivity contribution in [1.29, 1.82) is 0 Å². The van der Waals surface area contributed by atoms with E-state index in [1.54, 1.807) is 0 Å². The van der Waals surface area contributed by atoms with Crippen LogP contribution in [-0.4, -0.2) is 22.2 Å². The Morgan fingerprint density at radius 3 is 2.60 bits per heavy atom. The molecular formula is C2H4N4O4. The van der Waals surface area contributed by atoms with Gasteiger partial charge in [-0.1, -0.05) is 0 Å². The molecule has 0 unspecified atom stereocenters. The van der Waals surface area contributed by atoms with Gasteiger partial charge in [0.15, 0.2) is 5.03 Å². The third-order valence-electron chi connectivity index (χ3n) is 0.424. The molecule has 0 aliphatic carbocycles. The summed E-state index contributed by atoms with van der Waals surface area (Å²) in [5.41, 5.74) is 4.69. The van der Waals surface area contributed by atoms with Gasteiger partial charge in [0.25, 0.3) is 5.96 Å². The number of guanidine groups is 1. The van der Waals surface area contributed by atoms with E-state index < -0.39 is 17.1 Å². The van der Waals surface area contributed by atoms with Crippen molar-refractivity contribution in [2.75, 3.05) is 0 Å². The Morgan fingerprint density at radius 1 is 1.80 bits per heavy atom. The average molecular weight is 148 g/mol. The van der Waals surface area contributed by atoms with Gasteiger partial charge >= 0.3 is 6.09 Å². The second-order valence-electron chi connectivity index (χ2n) is 1.15. The number of hydrogen-bond donors (Lipinski definition) is 3. The van der Waals surface area contributed by atoms with E-state index in [1.807, 2.05) is 0 Å². The van der Waals surface area contributed by atoms with Crippen LogP contribution in [0, 0.1) is 10.1 Å². The predicted molar refractivity (Wildman–Crippen MR) is 29.8 cm³/mol. The SMILES string of the molecule is NC(=N[N+](=O)[O-])NC(=O)O. The van der Waals surface area contributed by atoms with Crippen molar-refractivity contribution < 1.29 is 14.9 Å². The fourth-order valence-electron chi connectivity index (χ4n) is 0.223. The average Bonchev–Trinajstić information content (AvgIpc) is 1.58. The van der Waals surface area contributed by atoms with Crippen LogP contribution in [-0.2, 0) is 0 Å². The fourth-order valence-corrected chi connectivity index (χ4v) is 0.223. The molecule has 0 aromatic heterocycles. The van der Waals surface area contributed by atoms with Crippen molar-refractivity contribution in [3.05, 3.63) is 10.1 Å². The lowest BCUT2D eigenvalue weighted by Crippen LogP contribution is -2.36. The van der Waals surface area contributed by atoms with Gasteiger partial charge in [0.2, 0.25) is 0 Å².